The van der Waals surface area contributed by atoms with Crippen molar-refractivity contribution in [3.63, 3.8) is 0 Å². The number of carbonyl (C=O) groups excluding carboxylic acids is 1. The number of aliphatic carboxylic acids is 1. The molecule has 1 N–H and O–H groups in total. The Morgan fingerprint density at radius 1 is 1.45 bits per heavy atom. The minimum Gasteiger partial charge on any atom is -0.478 e. The van der Waals surface area contributed by atoms with Crippen LogP contribution in [0.3, 0.4) is 0 Å². The van der Waals surface area contributed by atoms with Gasteiger partial charge in [0.1, 0.15) is 5.75 Å². The summed E-state index contributed by atoms with van der Waals surface area (Å²) in [5, 5.41) is 19.2. The van der Waals surface area contributed by atoms with E-state index in [4.69, 9.17) is 5.11 Å². The normalized spacial score (nSPS) is 10.8. The number of carbonyl (C=O) groups is 2. The number of ether oxygens (including phenoxy) is 1. The van der Waals surface area contributed by atoms with Crippen molar-refractivity contribution in [1.82, 2.24) is 0 Å². The van der Waals surface area contributed by atoms with E-state index < -0.39 is 34.5 Å². The molecule has 0 atom stereocenters. The average molecular weight is 287 g/mol. The number of carboxylic acids is 1. The van der Waals surface area contributed by atoms with Gasteiger partial charge in [0.05, 0.1) is 16.6 Å². The first-order chi connectivity index (χ1) is 9.35. The number of halogens is 2. The summed E-state index contributed by atoms with van der Waals surface area (Å²) < 4.78 is 28.2. The molecule has 0 unspecified atom stereocenters. The van der Waals surface area contributed by atoms with E-state index in [1.54, 1.807) is 0 Å². The number of hydrogen-bond acceptors (Lipinski definition) is 5. The summed E-state index contributed by atoms with van der Waals surface area (Å²) in [6, 6.07) is 1.57. The van der Waals surface area contributed by atoms with Gasteiger partial charge in [-0.05, 0) is 17.7 Å². The molecule has 106 valence electrons. The zero-order chi connectivity index (χ0) is 15.3. The summed E-state index contributed by atoms with van der Waals surface area (Å²) in [5.74, 6) is -1.92. The molecule has 1 rings (SSSR count). The first kappa shape index (κ1) is 15.2. The van der Waals surface area contributed by atoms with Gasteiger partial charge in [0.25, 0.3) is 5.69 Å². The first-order valence-corrected chi connectivity index (χ1v) is 4.98. The molecular weight excluding hydrogens is 280 g/mol. The topological polar surface area (TPSA) is 107 Å². The lowest BCUT2D eigenvalue weighted by molar-refractivity contribution is -0.385. The second-order valence-corrected chi connectivity index (χ2v) is 3.37. The Kier molecular flexibility index (Phi) is 4.84. The first-order valence-electron chi connectivity index (χ1n) is 4.98. The maximum Gasteiger partial charge on any atom is 0.387 e. The van der Waals surface area contributed by atoms with Crippen LogP contribution in [0.1, 0.15) is 15.9 Å². The van der Waals surface area contributed by atoms with Crippen molar-refractivity contribution in [2.45, 2.75) is 6.61 Å². The third kappa shape index (κ3) is 3.83. The van der Waals surface area contributed by atoms with Crippen LogP contribution < -0.4 is 4.74 Å². The Hall–Kier alpha value is -2.84. The highest BCUT2D eigenvalue weighted by molar-refractivity contribution is 5.92. The van der Waals surface area contributed by atoms with E-state index in [9.17, 15) is 28.5 Å². The minimum absolute atomic E-state index is 0.131. The van der Waals surface area contributed by atoms with Crippen LogP contribution in [0.25, 0.3) is 6.08 Å². The van der Waals surface area contributed by atoms with Crippen molar-refractivity contribution in [3.05, 3.63) is 39.4 Å². The van der Waals surface area contributed by atoms with Crippen LogP contribution in [0.5, 0.6) is 5.75 Å². The molecule has 1 aromatic carbocycles. The fourth-order valence-corrected chi connectivity index (χ4v) is 1.38. The van der Waals surface area contributed by atoms with Crippen LogP contribution in [0.15, 0.2) is 18.2 Å². The second kappa shape index (κ2) is 6.36. The maximum atomic E-state index is 12.1. The molecule has 0 heterocycles. The maximum absolute atomic E-state index is 12.1. The lowest BCUT2D eigenvalue weighted by atomic mass is 10.1. The van der Waals surface area contributed by atoms with E-state index in [1.165, 1.54) is 0 Å². The van der Waals surface area contributed by atoms with Gasteiger partial charge < -0.3 is 9.84 Å². The van der Waals surface area contributed by atoms with Gasteiger partial charge in [-0.25, -0.2) is 4.79 Å². The summed E-state index contributed by atoms with van der Waals surface area (Å²) in [6.07, 6.45) is 1.61. The molecule has 0 spiro atoms. The molecule has 0 amide bonds. The Labute approximate surface area is 110 Å². The van der Waals surface area contributed by atoms with Crippen LogP contribution in [0, 0.1) is 10.1 Å². The molecule has 0 aliphatic heterocycles. The molecule has 0 radical (unpaired) electrons. The highest BCUT2D eigenvalue weighted by atomic mass is 19.3. The molecule has 0 bridgehead atoms. The second-order valence-electron chi connectivity index (χ2n) is 3.37. The number of benzene rings is 1. The fourth-order valence-electron chi connectivity index (χ4n) is 1.38. The molecule has 0 saturated heterocycles. The van der Waals surface area contributed by atoms with E-state index in [2.05, 4.69) is 4.74 Å². The van der Waals surface area contributed by atoms with Crippen LogP contribution in [-0.2, 0) is 4.79 Å². The summed E-state index contributed by atoms with van der Waals surface area (Å²) in [5.41, 5.74) is -1.41. The smallest absolute Gasteiger partial charge is 0.387 e. The zero-order valence-corrected chi connectivity index (χ0v) is 9.66. The molecule has 7 nitrogen and oxygen atoms in total. The molecule has 0 fully saturated rings. The number of nitro benzene ring substituents is 1. The average Bonchev–Trinajstić information content (AvgIpc) is 2.34. The molecule has 1 aromatic rings. The lowest BCUT2D eigenvalue weighted by Crippen LogP contribution is -2.05. The largest absolute Gasteiger partial charge is 0.478 e. The van der Waals surface area contributed by atoms with Gasteiger partial charge in [-0.1, -0.05) is 0 Å². The Bertz CT molecular complexity index is 585. The SMILES string of the molecule is O=Cc1c(/C=C/C(=O)O)cc(OC(F)F)cc1[N+](=O)[O-]. The van der Waals surface area contributed by atoms with Gasteiger partial charge in [0.15, 0.2) is 6.29 Å². The number of carboxylic acid groups (broad SMARTS) is 1. The number of nitro groups is 1. The Balaban J connectivity index is 3.44. The molecule has 9 heteroatoms. The van der Waals surface area contributed by atoms with Gasteiger partial charge >= 0.3 is 12.6 Å². The van der Waals surface area contributed by atoms with Crippen LogP contribution in [-0.4, -0.2) is 28.9 Å². The van der Waals surface area contributed by atoms with Crippen LogP contribution in [0.2, 0.25) is 0 Å². The summed E-state index contributed by atoms with van der Waals surface area (Å²) in [4.78, 5) is 31.1. The molecule has 20 heavy (non-hydrogen) atoms. The fraction of sp³-hybridized carbons (Fsp3) is 0.0909. The quantitative estimate of drug-likeness (QED) is 0.371. The van der Waals surface area contributed by atoms with Crippen LogP contribution in [0.4, 0.5) is 14.5 Å². The highest BCUT2D eigenvalue weighted by Crippen LogP contribution is 2.29. The Morgan fingerprint density at radius 3 is 2.55 bits per heavy atom. The van der Waals surface area contributed by atoms with Gasteiger partial charge in [-0.15, -0.1) is 0 Å². The van der Waals surface area contributed by atoms with Crippen molar-refractivity contribution in [1.29, 1.82) is 0 Å². The zero-order valence-electron chi connectivity index (χ0n) is 9.66. The van der Waals surface area contributed by atoms with E-state index >= 15 is 0 Å². The van der Waals surface area contributed by atoms with Crippen molar-refractivity contribution < 1.29 is 33.1 Å². The summed E-state index contributed by atoms with van der Waals surface area (Å²) >= 11 is 0. The summed E-state index contributed by atoms with van der Waals surface area (Å²) in [6.45, 7) is -3.21. The van der Waals surface area contributed by atoms with E-state index in [0.29, 0.717) is 12.1 Å². The van der Waals surface area contributed by atoms with Crippen LogP contribution >= 0.6 is 0 Å². The van der Waals surface area contributed by atoms with Gasteiger partial charge in [-0.2, -0.15) is 8.78 Å². The molecule has 0 aromatic heterocycles. The Morgan fingerprint density at radius 2 is 2.10 bits per heavy atom. The van der Waals surface area contributed by atoms with Gasteiger partial charge in [0.2, 0.25) is 0 Å². The predicted molar refractivity (Wildman–Crippen MR) is 61.8 cm³/mol. The number of nitrogens with zero attached hydrogens (tertiary/aromatic N) is 1. The van der Waals surface area contributed by atoms with Gasteiger partial charge in [0, 0.05) is 6.08 Å². The number of alkyl halides is 2. The standard InChI is InChI=1S/C11H7F2NO6/c12-11(13)20-7-3-6(1-2-10(16)17)8(5-15)9(4-7)14(18)19/h1-5,11H,(H,16,17)/b2-1+. The molecular formula is C11H7F2NO6. The number of hydrogen-bond donors (Lipinski definition) is 1. The molecule has 0 aliphatic carbocycles. The highest BCUT2D eigenvalue weighted by Gasteiger charge is 2.20. The molecule has 0 aliphatic rings. The summed E-state index contributed by atoms with van der Waals surface area (Å²) in [7, 11) is 0. The van der Waals surface area contributed by atoms with E-state index in [0.717, 1.165) is 12.1 Å². The number of rotatable bonds is 6. The lowest BCUT2D eigenvalue weighted by Gasteiger charge is -2.07. The third-order valence-electron chi connectivity index (χ3n) is 2.11. The number of aldehydes is 1. The van der Waals surface area contributed by atoms with E-state index in [1.807, 2.05) is 0 Å². The van der Waals surface area contributed by atoms with Crippen molar-refractivity contribution in [2.75, 3.05) is 0 Å². The molecule has 0 saturated carbocycles. The third-order valence-corrected chi connectivity index (χ3v) is 2.11. The van der Waals surface area contributed by atoms with Crippen molar-refractivity contribution in [3.8, 4) is 5.75 Å². The van der Waals surface area contributed by atoms with E-state index in [-0.39, 0.29) is 11.8 Å². The van der Waals surface area contributed by atoms with Crippen molar-refractivity contribution >= 4 is 24.0 Å². The predicted octanol–water partition coefficient (Wildman–Crippen LogP) is 2.11. The van der Waals surface area contributed by atoms with Crippen molar-refractivity contribution in [2.24, 2.45) is 0 Å². The monoisotopic (exact) mass is 287 g/mol. The van der Waals surface area contributed by atoms with Gasteiger partial charge in [-0.3, -0.25) is 14.9 Å². The minimum atomic E-state index is -3.21.